The van der Waals surface area contributed by atoms with Crippen LogP contribution in [0.3, 0.4) is 0 Å². The Bertz CT molecular complexity index is 1200. The Kier molecular flexibility index (Phi) is 5.82. The van der Waals surface area contributed by atoms with E-state index in [4.69, 9.17) is 27.5 Å². The van der Waals surface area contributed by atoms with E-state index in [0.29, 0.717) is 34.6 Å². The number of H-pyrrole nitrogens is 1. The fourth-order valence-electron chi connectivity index (χ4n) is 2.56. The van der Waals surface area contributed by atoms with E-state index in [1.165, 1.54) is 6.21 Å². The van der Waals surface area contributed by atoms with Crippen molar-refractivity contribution < 1.29 is 9.47 Å². The Hall–Kier alpha value is -3.50. The lowest BCUT2D eigenvalue weighted by Crippen LogP contribution is -2.32. The van der Waals surface area contributed by atoms with Crippen LogP contribution >= 0.6 is 11.6 Å². The molecule has 0 unspecified atom stereocenters. The van der Waals surface area contributed by atoms with Crippen LogP contribution in [-0.2, 0) is 0 Å². The SMILES string of the molecule is C#CCOc1c(Cl)cc(C=Nn2c(=O)[nH]c3ccccc3c2=O)cc1OCC. The van der Waals surface area contributed by atoms with Gasteiger partial charge in [0.05, 0.1) is 28.7 Å². The minimum Gasteiger partial charge on any atom is -0.490 e. The zero-order valence-electron chi connectivity index (χ0n) is 14.9. The summed E-state index contributed by atoms with van der Waals surface area (Å²) >= 11 is 6.26. The lowest BCUT2D eigenvalue weighted by Gasteiger charge is -2.12. The predicted molar refractivity (Wildman–Crippen MR) is 109 cm³/mol. The molecule has 1 N–H and O–H groups in total. The third-order valence-corrected chi connectivity index (χ3v) is 4.02. The fourth-order valence-corrected chi connectivity index (χ4v) is 2.84. The molecule has 28 heavy (non-hydrogen) atoms. The van der Waals surface area contributed by atoms with Gasteiger partial charge >= 0.3 is 5.69 Å². The van der Waals surface area contributed by atoms with Crippen molar-refractivity contribution >= 4 is 28.7 Å². The third-order valence-electron chi connectivity index (χ3n) is 3.74. The molecule has 1 aromatic heterocycles. The highest BCUT2D eigenvalue weighted by Crippen LogP contribution is 2.36. The molecule has 2 aromatic carbocycles. The van der Waals surface area contributed by atoms with Gasteiger partial charge in [-0.1, -0.05) is 29.7 Å². The highest BCUT2D eigenvalue weighted by Gasteiger charge is 2.12. The zero-order chi connectivity index (χ0) is 20.1. The number of fused-ring (bicyclic) bond motifs is 1. The Morgan fingerprint density at radius 2 is 2.07 bits per heavy atom. The van der Waals surface area contributed by atoms with Crippen molar-refractivity contribution in [1.82, 2.24) is 9.66 Å². The molecule has 0 radical (unpaired) electrons. The molecule has 0 atom stereocenters. The van der Waals surface area contributed by atoms with Crippen LogP contribution in [-0.4, -0.2) is 29.1 Å². The first-order valence-electron chi connectivity index (χ1n) is 8.36. The molecule has 0 aliphatic carbocycles. The van der Waals surface area contributed by atoms with Crippen LogP contribution in [0.5, 0.6) is 11.5 Å². The van der Waals surface area contributed by atoms with Crippen molar-refractivity contribution in [3.63, 3.8) is 0 Å². The smallest absolute Gasteiger partial charge is 0.349 e. The van der Waals surface area contributed by atoms with Gasteiger partial charge in [-0.2, -0.15) is 5.10 Å². The molecule has 0 aliphatic rings. The molecule has 1 heterocycles. The first-order valence-corrected chi connectivity index (χ1v) is 8.74. The number of aromatic amines is 1. The van der Waals surface area contributed by atoms with E-state index in [1.807, 2.05) is 6.92 Å². The molecule has 0 saturated carbocycles. The van der Waals surface area contributed by atoms with Gasteiger partial charge in [0.25, 0.3) is 5.56 Å². The van der Waals surface area contributed by atoms with Crippen molar-refractivity contribution in [1.29, 1.82) is 0 Å². The molecular weight excluding hydrogens is 382 g/mol. The predicted octanol–water partition coefficient (Wildman–Crippen LogP) is 2.64. The molecule has 8 heteroatoms. The maximum atomic E-state index is 12.5. The highest BCUT2D eigenvalue weighted by molar-refractivity contribution is 6.32. The van der Waals surface area contributed by atoms with E-state index < -0.39 is 11.2 Å². The van der Waals surface area contributed by atoms with Crippen LogP contribution in [0.25, 0.3) is 10.9 Å². The Morgan fingerprint density at radius 1 is 1.29 bits per heavy atom. The summed E-state index contributed by atoms with van der Waals surface area (Å²) in [5.41, 5.74) is -0.215. The van der Waals surface area contributed by atoms with E-state index in [-0.39, 0.29) is 11.6 Å². The van der Waals surface area contributed by atoms with Gasteiger partial charge in [-0.25, -0.2) is 4.79 Å². The highest BCUT2D eigenvalue weighted by atomic mass is 35.5. The van der Waals surface area contributed by atoms with Gasteiger partial charge in [0, 0.05) is 0 Å². The van der Waals surface area contributed by atoms with E-state index >= 15 is 0 Å². The standard InChI is InChI=1S/C20H16ClN3O4/c1-3-9-28-18-15(21)10-13(11-17(18)27-4-2)12-22-24-19(25)14-7-5-6-8-16(14)23-20(24)26/h1,5-8,10-12H,4,9H2,2H3,(H,23,26). The second-order valence-electron chi connectivity index (χ2n) is 5.59. The topological polar surface area (TPSA) is 85.7 Å². The summed E-state index contributed by atoms with van der Waals surface area (Å²) < 4.78 is 11.7. The molecule has 0 amide bonds. The minimum atomic E-state index is -0.648. The number of terminal acetylenes is 1. The Morgan fingerprint density at radius 3 is 2.82 bits per heavy atom. The first-order chi connectivity index (χ1) is 13.5. The summed E-state index contributed by atoms with van der Waals surface area (Å²) in [5.74, 6) is 3.06. The summed E-state index contributed by atoms with van der Waals surface area (Å²) in [7, 11) is 0. The first kappa shape index (κ1) is 19.3. The third kappa shape index (κ3) is 3.92. The summed E-state index contributed by atoms with van der Waals surface area (Å²) in [5, 5.41) is 4.63. The molecular formula is C20H16ClN3O4. The van der Waals surface area contributed by atoms with Crippen molar-refractivity contribution in [3.8, 4) is 23.8 Å². The molecule has 3 rings (SSSR count). The number of nitrogens with zero attached hydrogens (tertiary/aromatic N) is 2. The second-order valence-corrected chi connectivity index (χ2v) is 6.00. The summed E-state index contributed by atoms with van der Waals surface area (Å²) in [4.78, 5) is 27.3. The van der Waals surface area contributed by atoms with Gasteiger partial charge in [-0.3, -0.25) is 4.79 Å². The molecule has 7 nitrogen and oxygen atoms in total. The molecule has 0 fully saturated rings. The number of aromatic nitrogens is 2. The van der Waals surface area contributed by atoms with Crippen LogP contribution < -0.4 is 20.7 Å². The monoisotopic (exact) mass is 397 g/mol. The van der Waals surface area contributed by atoms with Crippen molar-refractivity contribution in [2.45, 2.75) is 6.92 Å². The minimum absolute atomic E-state index is 0.0368. The second kappa shape index (κ2) is 8.46. The fraction of sp³-hybridized carbons (Fsp3) is 0.150. The summed E-state index contributed by atoms with van der Waals surface area (Å²) in [6.45, 7) is 2.23. The maximum Gasteiger partial charge on any atom is 0.349 e. The zero-order valence-corrected chi connectivity index (χ0v) is 15.7. The van der Waals surface area contributed by atoms with Gasteiger partial charge in [0.2, 0.25) is 0 Å². The number of hydrogen-bond donors (Lipinski definition) is 1. The largest absolute Gasteiger partial charge is 0.490 e. The lowest BCUT2D eigenvalue weighted by atomic mass is 10.2. The summed E-state index contributed by atoms with van der Waals surface area (Å²) in [6.07, 6.45) is 6.55. The Balaban J connectivity index is 2.03. The van der Waals surface area contributed by atoms with Crippen LogP contribution in [0.15, 0.2) is 51.1 Å². The van der Waals surface area contributed by atoms with Crippen LogP contribution in [0, 0.1) is 12.3 Å². The van der Waals surface area contributed by atoms with Gasteiger partial charge < -0.3 is 14.5 Å². The number of benzene rings is 2. The van der Waals surface area contributed by atoms with E-state index in [2.05, 4.69) is 16.0 Å². The quantitative estimate of drug-likeness (QED) is 0.511. The van der Waals surface area contributed by atoms with Gasteiger partial charge in [-0.15, -0.1) is 11.1 Å². The molecule has 3 aromatic rings. The van der Waals surface area contributed by atoms with E-state index in [9.17, 15) is 9.59 Å². The van der Waals surface area contributed by atoms with Crippen molar-refractivity contribution in [3.05, 3.63) is 67.8 Å². The van der Waals surface area contributed by atoms with Crippen LogP contribution in [0.1, 0.15) is 12.5 Å². The lowest BCUT2D eigenvalue weighted by molar-refractivity contribution is 0.299. The van der Waals surface area contributed by atoms with Gasteiger partial charge in [0.1, 0.15) is 6.61 Å². The molecule has 0 bridgehead atoms. The van der Waals surface area contributed by atoms with Gasteiger partial charge in [-0.05, 0) is 36.8 Å². The van der Waals surface area contributed by atoms with E-state index in [0.717, 1.165) is 4.68 Å². The average molecular weight is 398 g/mol. The number of hydrogen-bond acceptors (Lipinski definition) is 5. The normalized spacial score (nSPS) is 10.9. The van der Waals surface area contributed by atoms with Crippen molar-refractivity contribution in [2.24, 2.45) is 5.10 Å². The molecule has 0 aliphatic heterocycles. The van der Waals surface area contributed by atoms with Crippen molar-refractivity contribution in [2.75, 3.05) is 13.2 Å². The number of halogens is 1. The number of para-hydroxylation sites is 1. The summed E-state index contributed by atoms with van der Waals surface area (Å²) in [6, 6.07) is 9.90. The Labute approximate surface area is 165 Å². The average Bonchev–Trinajstić information content (AvgIpc) is 2.67. The number of rotatable bonds is 6. The molecule has 0 saturated heterocycles. The number of nitrogens with one attached hydrogen (secondary N) is 1. The maximum absolute atomic E-state index is 12.5. The number of ether oxygens (including phenoxy) is 2. The molecule has 0 spiro atoms. The van der Waals surface area contributed by atoms with E-state index in [1.54, 1.807) is 36.4 Å². The molecule has 142 valence electrons. The van der Waals surface area contributed by atoms with Crippen LogP contribution in [0.2, 0.25) is 5.02 Å². The van der Waals surface area contributed by atoms with Crippen LogP contribution in [0.4, 0.5) is 0 Å². The van der Waals surface area contributed by atoms with Gasteiger partial charge in [0.15, 0.2) is 11.5 Å².